The number of benzene rings is 2. The van der Waals surface area contributed by atoms with Crippen molar-refractivity contribution in [3.05, 3.63) is 64.7 Å². The fraction of sp³-hybridized carbons (Fsp3) is 0.111. The highest BCUT2D eigenvalue weighted by Crippen LogP contribution is 2.24. The zero-order chi connectivity index (χ0) is 17.3. The topological polar surface area (TPSA) is 58.2 Å². The second-order valence-electron chi connectivity index (χ2n) is 5.52. The second kappa shape index (κ2) is 6.23. The minimum Gasteiger partial charge on any atom is -0.326 e. The molecule has 1 aliphatic rings. The largest absolute Gasteiger partial charge is 0.326 e. The van der Waals surface area contributed by atoms with Crippen molar-refractivity contribution in [3.63, 3.8) is 0 Å². The summed E-state index contributed by atoms with van der Waals surface area (Å²) in [6.07, 6.45) is 3.18. The van der Waals surface area contributed by atoms with E-state index in [1.807, 2.05) is 6.07 Å². The van der Waals surface area contributed by atoms with Gasteiger partial charge in [0.2, 0.25) is 11.8 Å². The van der Waals surface area contributed by atoms with E-state index >= 15 is 0 Å². The molecule has 2 aromatic rings. The Morgan fingerprint density at radius 3 is 2.83 bits per heavy atom. The molecule has 122 valence electrons. The predicted molar refractivity (Wildman–Crippen MR) is 87.5 cm³/mol. The lowest BCUT2D eigenvalue weighted by Gasteiger charge is -2.07. The van der Waals surface area contributed by atoms with Crippen LogP contribution in [0.4, 0.5) is 20.2 Å². The number of nitrogens with one attached hydrogen (secondary N) is 2. The maximum Gasteiger partial charge on any atom is 0.248 e. The van der Waals surface area contributed by atoms with Crippen LogP contribution in [0.3, 0.4) is 0 Å². The van der Waals surface area contributed by atoms with Crippen molar-refractivity contribution in [3.8, 4) is 0 Å². The average molecular weight is 328 g/mol. The smallest absolute Gasteiger partial charge is 0.248 e. The van der Waals surface area contributed by atoms with Crippen molar-refractivity contribution in [1.29, 1.82) is 0 Å². The summed E-state index contributed by atoms with van der Waals surface area (Å²) in [6, 6.07) is 7.19. The number of carbonyl (C=O) groups excluding carboxylic acids is 2. The number of halogens is 2. The molecule has 24 heavy (non-hydrogen) atoms. The van der Waals surface area contributed by atoms with Gasteiger partial charge in [0.05, 0.1) is 6.42 Å². The summed E-state index contributed by atoms with van der Waals surface area (Å²) in [5.74, 6) is -2.05. The zero-order valence-corrected chi connectivity index (χ0v) is 12.8. The Morgan fingerprint density at radius 2 is 2.04 bits per heavy atom. The third kappa shape index (κ3) is 3.32. The highest BCUT2D eigenvalue weighted by Gasteiger charge is 2.16. The van der Waals surface area contributed by atoms with Gasteiger partial charge in [-0.25, -0.2) is 8.78 Å². The summed E-state index contributed by atoms with van der Waals surface area (Å²) >= 11 is 0. The number of fused-ring (bicyclic) bond motifs is 1. The van der Waals surface area contributed by atoms with E-state index in [1.165, 1.54) is 13.0 Å². The lowest BCUT2D eigenvalue weighted by Crippen LogP contribution is -2.10. The molecule has 2 amide bonds. The first-order valence-corrected chi connectivity index (χ1v) is 7.30. The molecule has 0 spiro atoms. The Kier molecular flexibility index (Phi) is 4.12. The van der Waals surface area contributed by atoms with Crippen LogP contribution >= 0.6 is 0 Å². The molecule has 0 saturated heterocycles. The zero-order valence-electron chi connectivity index (χ0n) is 12.8. The molecule has 3 rings (SSSR count). The van der Waals surface area contributed by atoms with Gasteiger partial charge in [-0.05, 0) is 36.3 Å². The van der Waals surface area contributed by atoms with Crippen LogP contribution in [0, 0.1) is 18.6 Å². The van der Waals surface area contributed by atoms with Crippen LogP contribution in [0.5, 0.6) is 0 Å². The van der Waals surface area contributed by atoms with Crippen molar-refractivity contribution in [2.45, 2.75) is 13.3 Å². The minimum atomic E-state index is -0.758. The molecule has 1 aliphatic heterocycles. The summed E-state index contributed by atoms with van der Waals surface area (Å²) in [7, 11) is 0. The quantitative estimate of drug-likeness (QED) is 0.848. The van der Waals surface area contributed by atoms with E-state index in [-0.39, 0.29) is 17.2 Å². The number of hydrogen-bond acceptors (Lipinski definition) is 2. The Hall–Kier alpha value is -3.02. The molecule has 0 radical (unpaired) electrons. The molecular formula is C18H14F2N2O2. The molecule has 6 heteroatoms. The Morgan fingerprint density at radius 1 is 1.25 bits per heavy atom. The molecule has 0 saturated carbocycles. The summed E-state index contributed by atoms with van der Waals surface area (Å²) in [4.78, 5) is 23.2. The van der Waals surface area contributed by atoms with Crippen LogP contribution in [0.25, 0.3) is 6.08 Å². The minimum absolute atomic E-state index is 0.0625. The van der Waals surface area contributed by atoms with Crippen molar-refractivity contribution in [2.75, 3.05) is 10.6 Å². The van der Waals surface area contributed by atoms with E-state index in [2.05, 4.69) is 10.6 Å². The molecule has 4 nitrogen and oxygen atoms in total. The number of hydrogen-bond donors (Lipinski definition) is 2. The normalized spacial score (nSPS) is 13.0. The molecule has 2 N–H and O–H groups in total. The van der Waals surface area contributed by atoms with Gasteiger partial charge in [-0.15, -0.1) is 0 Å². The fourth-order valence-corrected chi connectivity index (χ4v) is 2.46. The van der Waals surface area contributed by atoms with Crippen LogP contribution in [0.2, 0.25) is 0 Å². The molecule has 0 unspecified atom stereocenters. The van der Waals surface area contributed by atoms with Crippen molar-refractivity contribution in [2.24, 2.45) is 0 Å². The van der Waals surface area contributed by atoms with E-state index in [9.17, 15) is 18.4 Å². The van der Waals surface area contributed by atoms with Gasteiger partial charge in [0.1, 0.15) is 11.6 Å². The summed E-state index contributed by atoms with van der Waals surface area (Å²) in [6.45, 7) is 1.46. The number of amides is 2. The van der Waals surface area contributed by atoms with Crippen molar-refractivity contribution in [1.82, 2.24) is 0 Å². The van der Waals surface area contributed by atoms with Gasteiger partial charge >= 0.3 is 0 Å². The summed E-state index contributed by atoms with van der Waals surface area (Å²) < 4.78 is 26.7. The maximum absolute atomic E-state index is 13.5. The van der Waals surface area contributed by atoms with Crippen LogP contribution < -0.4 is 10.6 Å². The second-order valence-corrected chi connectivity index (χ2v) is 5.52. The maximum atomic E-state index is 13.5. The third-order valence-corrected chi connectivity index (χ3v) is 3.75. The van der Waals surface area contributed by atoms with Crippen LogP contribution in [0.1, 0.15) is 16.7 Å². The average Bonchev–Trinajstić information content (AvgIpc) is 2.89. The lowest BCUT2D eigenvalue weighted by molar-refractivity contribution is -0.115. The van der Waals surface area contributed by atoms with Gasteiger partial charge in [-0.2, -0.15) is 0 Å². The fourth-order valence-electron chi connectivity index (χ4n) is 2.46. The van der Waals surface area contributed by atoms with Crippen molar-refractivity contribution >= 4 is 29.3 Å². The van der Waals surface area contributed by atoms with Gasteiger partial charge < -0.3 is 10.6 Å². The van der Waals surface area contributed by atoms with Gasteiger partial charge in [-0.1, -0.05) is 12.1 Å². The van der Waals surface area contributed by atoms with E-state index in [1.54, 1.807) is 18.2 Å². The molecule has 1 heterocycles. The van der Waals surface area contributed by atoms with E-state index in [0.29, 0.717) is 6.42 Å². The molecule has 0 aromatic heterocycles. The first-order chi connectivity index (χ1) is 11.4. The van der Waals surface area contributed by atoms with E-state index in [4.69, 9.17) is 0 Å². The SMILES string of the molecule is Cc1c(F)cc(F)cc1NC(=O)/C=C/c1ccc2c(c1)NC(=O)C2. The standard InChI is InChI=1S/C18H14F2N2O2/c1-10-14(20)8-13(19)9-15(10)21-17(23)5-3-11-2-4-12-7-18(24)22-16(12)6-11/h2-6,8-9H,7H2,1H3,(H,21,23)(H,22,24)/b5-3+. The van der Waals surface area contributed by atoms with Gasteiger partial charge in [-0.3, -0.25) is 9.59 Å². The first kappa shape index (κ1) is 15.9. The molecule has 2 aromatic carbocycles. The molecule has 0 atom stereocenters. The Bertz CT molecular complexity index is 876. The molecule has 0 fully saturated rings. The molecule has 0 aliphatic carbocycles. The monoisotopic (exact) mass is 328 g/mol. The van der Waals surface area contributed by atoms with Gasteiger partial charge in [0.15, 0.2) is 0 Å². The van der Waals surface area contributed by atoms with Crippen molar-refractivity contribution < 1.29 is 18.4 Å². The lowest BCUT2D eigenvalue weighted by atomic mass is 10.1. The van der Waals surface area contributed by atoms with Gasteiger partial charge in [0, 0.05) is 29.1 Å². The summed E-state index contributed by atoms with van der Waals surface area (Å²) in [5.41, 5.74) is 2.62. The van der Waals surface area contributed by atoms with Gasteiger partial charge in [0.25, 0.3) is 0 Å². The molecule has 0 bridgehead atoms. The highest BCUT2D eigenvalue weighted by atomic mass is 19.1. The predicted octanol–water partition coefficient (Wildman–Crippen LogP) is 3.42. The first-order valence-electron chi connectivity index (χ1n) is 7.30. The summed E-state index contributed by atoms with van der Waals surface area (Å²) in [5, 5.41) is 5.17. The van der Waals surface area contributed by atoms with E-state index < -0.39 is 17.5 Å². The number of carbonyl (C=O) groups is 2. The van der Waals surface area contributed by atoms with Crippen LogP contribution in [0.15, 0.2) is 36.4 Å². The van der Waals surface area contributed by atoms with Crippen LogP contribution in [-0.4, -0.2) is 11.8 Å². The Balaban J connectivity index is 1.73. The number of rotatable bonds is 3. The number of anilines is 2. The highest BCUT2D eigenvalue weighted by molar-refractivity contribution is 6.03. The molecular weight excluding hydrogens is 314 g/mol. The van der Waals surface area contributed by atoms with E-state index in [0.717, 1.165) is 28.9 Å². The van der Waals surface area contributed by atoms with Crippen LogP contribution in [-0.2, 0) is 16.0 Å². The third-order valence-electron chi connectivity index (χ3n) is 3.75. The Labute approximate surface area is 137 Å².